The van der Waals surface area contributed by atoms with Crippen LogP contribution in [0.3, 0.4) is 0 Å². The van der Waals surface area contributed by atoms with E-state index in [1.165, 1.54) is 0 Å². The van der Waals surface area contributed by atoms with Gasteiger partial charge in [-0.2, -0.15) is 15.8 Å². The summed E-state index contributed by atoms with van der Waals surface area (Å²) in [6.07, 6.45) is 0. The lowest BCUT2D eigenvalue weighted by Gasteiger charge is -2.18. The number of nitrogens with zero attached hydrogens (tertiary/aromatic N) is 5. The molecule has 5 nitrogen and oxygen atoms in total. The Kier molecular flexibility index (Phi) is 6.56. The molecular weight excluding hydrogens is 611 g/mol. The lowest BCUT2D eigenvalue weighted by molar-refractivity contribution is 1.18. The average Bonchev–Trinajstić information content (AvgIpc) is 3.70. The lowest BCUT2D eigenvalue weighted by Crippen LogP contribution is -2.00. The molecule has 0 radical (unpaired) electrons. The Balaban J connectivity index is 1.28. The van der Waals surface area contributed by atoms with E-state index in [0.29, 0.717) is 16.7 Å². The molecule has 9 rings (SSSR count). The number of benzene rings is 7. The molecular formula is C45H25N5. The molecule has 0 aliphatic heterocycles. The summed E-state index contributed by atoms with van der Waals surface area (Å²) in [5, 5.41) is 34.7. The molecule has 0 spiro atoms. The van der Waals surface area contributed by atoms with Crippen molar-refractivity contribution in [2.45, 2.75) is 0 Å². The van der Waals surface area contributed by atoms with Gasteiger partial charge in [0.25, 0.3) is 0 Å². The first-order valence-corrected chi connectivity index (χ1v) is 16.3. The predicted molar refractivity (Wildman–Crippen MR) is 200 cm³/mol. The number of aromatic nitrogens is 2. The molecule has 0 aliphatic carbocycles. The van der Waals surface area contributed by atoms with Crippen LogP contribution in [-0.2, 0) is 0 Å². The van der Waals surface area contributed by atoms with Crippen molar-refractivity contribution < 1.29 is 0 Å². The van der Waals surface area contributed by atoms with Crippen molar-refractivity contribution in [2.24, 2.45) is 0 Å². The summed E-state index contributed by atoms with van der Waals surface area (Å²) in [7, 11) is 0. The number of hydrogen-bond acceptors (Lipinski definition) is 3. The Bertz CT molecular complexity index is 2920. The van der Waals surface area contributed by atoms with Crippen molar-refractivity contribution in [2.75, 3.05) is 0 Å². The summed E-state index contributed by atoms with van der Waals surface area (Å²) in [6, 6.07) is 57.7. The molecule has 2 heterocycles. The zero-order valence-electron chi connectivity index (χ0n) is 26.7. The number of nitriles is 3. The van der Waals surface area contributed by atoms with Gasteiger partial charge >= 0.3 is 0 Å². The minimum atomic E-state index is 0.535. The van der Waals surface area contributed by atoms with Crippen molar-refractivity contribution in [3.8, 4) is 51.8 Å². The fourth-order valence-electron chi connectivity index (χ4n) is 7.47. The highest BCUT2D eigenvalue weighted by atomic mass is 15.0. The third-order valence-electron chi connectivity index (χ3n) is 9.64. The SMILES string of the molecule is N#Cc1ccc(-n2c3ccccc3c3cc(C#N)ccc32)c(-c2ccccc2-c2ccc(-n3c4ccccc4c4ccccc43)cc2C#N)c1. The first-order valence-electron chi connectivity index (χ1n) is 16.3. The molecule has 0 fully saturated rings. The van der Waals surface area contributed by atoms with Crippen LogP contribution >= 0.6 is 0 Å². The minimum absolute atomic E-state index is 0.535. The van der Waals surface area contributed by atoms with Gasteiger partial charge in [-0.1, -0.05) is 84.9 Å². The van der Waals surface area contributed by atoms with Gasteiger partial charge in [-0.15, -0.1) is 0 Å². The van der Waals surface area contributed by atoms with Crippen LogP contribution in [0, 0.1) is 34.0 Å². The second kappa shape index (κ2) is 11.4. The van der Waals surface area contributed by atoms with Gasteiger partial charge in [0, 0.05) is 38.4 Å². The Morgan fingerprint density at radius 3 is 1.52 bits per heavy atom. The first kappa shape index (κ1) is 28.8. The molecule has 9 aromatic rings. The van der Waals surface area contributed by atoms with Crippen molar-refractivity contribution in [1.29, 1.82) is 15.8 Å². The monoisotopic (exact) mass is 635 g/mol. The predicted octanol–water partition coefficient (Wildman–Crippen LogP) is 10.8. The Morgan fingerprint density at radius 2 is 0.880 bits per heavy atom. The summed E-state index contributed by atoms with van der Waals surface area (Å²) in [5.41, 5.74) is 11.1. The fourth-order valence-corrected chi connectivity index (χ4v) is 7.47. The van der Waals surface area contributed by atoms with E-state index >= 15 is 0 Å². The zero-order chi connectivity index (χ0) is 33.8. The highest BCUT2D eigenvalue weighted by Crippen LogP contribution is 2.42. The van der Waals surface area contributed by atoms with Crippen LogP contribution in [0.15, 0.2) is 152 Å². The summed E-state index contributed by atoms with van der Waals surface area (Å²) >= 11 is 0. The van der Waals surface area contributed by atoms with Crippen LogP contribution < -0.4 is 0 Å². The van der Waals surface area contributed by atoms with E-state index in [9.17, 15) is 15.8 Å². The maximum atomic E-state index is 10.6. The Morgan fingerprint density at radius 1 is 0.360 bits per heavy atom. The van der Waals surface area contributed by atoms with Gasteiger partial charge < -0.3 is 9.13 Å². The second-order valence-electron chi connectivity index (χ2n) is 12.3. The maximum absolute atomic E-state index is 10.6. The summed E-state index contributed by atoms with van der Waals surface area (Å²) in [6.45, 7) is 0. The summed E-state index contributed by atoms with van der Waals surface area (Å²) < 4.78 is 4.42. The minimum Gasteiger partial charge on any atom is -0.309 e. The number of fused-ring (bicyclic) bond motifs is 6. The Hall–Kier alpha value is -7.39. The Labute approximate surface area is 287 Å². The highest BCUT2D eigenvalue weighted by molar-refractivity contribution is 6.11. The van der Waals surface area contributed by atoms with E-state index in [0.717, 1.165) is 77.2 Å². The van der Waals surface area contributed by atoms with Gasteiger partial charge in [-0.05, 0) is 77.9 Å². The fraction of sp³-hybridized carbons (Fsp3) is 0. The standard InChI is InChI=1S/C45H25N5/c46-26-29-17-21-44(50-43-16-8-5-13-38(43)40-24-30(27-47)18-22-45(40)50)39(23-29)35-10-2-1-9-34(35)33-20-19-32(25-31(33)28-48)49-41-14-6-3-11-36(41)37-12-4-7-15-42(37)49/h1-25H. The molecule has 0 aliphatic rings. The van der Waals surface area contributed by atoms with Gasteiger partial charge in [-0.25, -0.2) is 0 Å². The molecule has 0 saturated carbocycles. The largest absolute Gasteiger partial charge is 0.309 e. The van der Waals surface area contributed by atoms with Crippen molar-refractivity contribution in [1.82, 2.24) is 9.13 Å². The van der Waals surface area contributed by atoms with E-state index in [2.05, 4.69) is 88.0 Å². The topological polar surface area (TPSA) is 81.2 Å². The molecule has 2 aromatic heterocycles. The lowest BCUT2D eigenvalue weighted by atomic mass is 9.90. The first-order chi connectivity index (χ1) is 24.7. The number of rotatable bonds is 4. The van der Waals surface area contributed by atoms with Crippen LogP contribution in [0.5, 0.6) is 0 Å². The quantitative estimate of drug-likeness (QED) is 0.193. The summed E-state index contributed by atoms with van der Waals surface area (Å²) in [5.74, 6) is 0. The summed E-state index contributed by atoms with van der Waals surface area (Å²) in [4.78, 5) is 0. The van der Waals surface area contributed by atoms with Gasteiger partial charge in [0.15, 0.2) is 0 Å². The molecule has 5 heteroatoms. The van der Waals surface area contributed by atoms with Gasteiger partial charge in [0.05, 0.1) is 62.7 Å². The van der Waals surface area contributed by atoms with Gasteiger partial charge in [0.1, 0.15) is 0 Å². The second-order valence-corrected chi connectivity index (χ2v) is 12.3. The van der Waals surface area contributed by atoms with E-state index in [1.807, 2.05) is 91.0 Å². The van der Waals surface area contributed by atoms with Crippen molar-refractivity contribution >= 4 is 43.6 Å². The van der Waals surface area contributed by atoms with Gasteiger partial charge in [0.2, 0.25) is 0 Å². The molecule has 0 atom stereocenters. The van der Waals surface area contributed by atoms with E-state index in [1.54, 1.807) is 0 Å². The molecule has 0 amide bonds. The average molecular weight is 636 g/mol. The van der Waals surface area contributed by atoms with E-state index in [4.69, 9.17) is 0 Å². The van der Waals surface area contributed by atoms with E-state index < -0.39 is 0 Å². The molecule has 230 valence electrons. The molecule has 0 N–H and O–H groups in total. The van der Waals surface area contributed by atoms with E-state index in [-0.39, 0.29) is 0 Å². The van der Waals surface area contributed by atoms with Crippen LogP contribution in [-0.4, -0.2) is 9.13 Å². The van der Waals surface area contributed by atoms with Crippen LogP contribution in [0.4, 0.5) is 0 Å². The zero-order valence-corrected chi connectivity index (χ0v) is 26.7. The molecule has 7 aromatic carbocycles. The third-order valence-corrected chi connectivity index (χ3v) is 9.64. The molecule has 50 heavy (non-hydrogen) atoms. The van der Waals surface area contributed by atoms with Crippen LogP contribution in [0.2, 0.25) is 0 Å². The molecule has 0 bridgehead atoms. The van der Waals surface area contributed by atoms with Crippen LogP contribution in [0.25, 0.3) is 77.2 Å². The normalized spacial score (nSPS) is 11.1. The van der Waals surface area contributed by atoms with Crippen molar-refractivity contribution in [3.63, 3.8) is 0 Å². The third kappa shape index (κ3) is 4.31. The molecule has 0 unspecified atom stereocenters. The maximum Gasteiger partial charge on any atom is 0.0998 e. The number of hydrogen-bond donors (Lipinski definition) is 0. The number of para-hydroxylation sites is 3. The molecule has 0 saturated heterocycles. The van der Waals surface area contributed by atoms with Crippen LogP contribution in [0.1, 0.15) is 16.7 Å². The van der Waals surface area contributed by atoms with Gasteiger partial charge in [-0.3, -0.25) is 0 Å². The smallest absolute Gasteiger partial charge is 0.0998 e. The van der Waals surface area contributed by atoms with Crippen molar-refractivity contribution in [3.05, 3.63) is 168 Å². The highest BCUT2D eigenvalue weighted by Gasteiger charge is 2.20.